The molecule has 0 spiro atoms. The summed E-state index contributed by atoms with van der Waals surface area (Å²) in [6.45, 7) is 4.39. The summed E-state index contributed by atoms with van der Waals surface area (Å²) in [5.74, 6) is 2.24. The zero-order chi connectivity index (χ0) is 24.5. The van der Waals surface area contributed by atoms with E-state index in [1.165, 1.54) is 19.3 Å². The van der Waals surface area contributed by atoms with Crippen LogP contribution in [0.25, 0.3) is 10.9 Å². The number of nitrogens with one attached hydrogen (secondary N) is 1. The van der Waals surface area contributed by atoms with Crippen molar-refractivity contribution in [3.8, 4) is 11.5 Å². The summed E-state index contributed by atoms with van der Waals surface area (Å²) in [5.41, 5.74) is 1.42. The molecule has 2 aliphatic heterocycles. The van der Waals surface area contributed by atoms with Crippen molar-refractivity contribution in [2.24, 2.45) is 0 Å². The number of hydrogen-bond donors (Lipinski definition) is 1. The molecular weight excluding hydrogens is 460 g/mol. The number of pyridine rings is 1. The molecule has 6 rings (SSSR count). The monoisotopic (exact) mass is 494 g/mol. The zero-order valence-corrected chi connectivity index (χ0v) is 20.8. The van der Waals surface area contributed by atoms with E-state index >= 15 is 0 Å². The molecule has 1 saturated carbocycles. The van der Waals surface area contributed by atoms with E-state index in [4.69, 9.17) is 14.2 Å². The average Bonchev–Trinajstić information content (AvgIpc) is 3.67. The number of benzene rings is 1. The van der Waals surface area contributed by atoms with Gasteiger partial charge in [-0.3, -0.25) is 9.69 Å². The minimum Gasteiger partial charge on any atom is -0.454 e. The molecule has 4 heterocycles. The van der Waals surface area contributed by atoms with E-state index < -0.39 is 0 Å². The van der Waals surface area contributed by atoms with Gasteiger partial charge in [0.15, 0.2) is 17.3 Å². The molecular formula is C26H34N6O4. The third-order valence-electron chi connectivity index (χ3n) is 7.86. The highest BCUT2D eigenvalue weighted by molar-refractivity contribution is 5.83. The van der Waals surface area contributed by atoms with Gasteiger partial charge in [0.25, 0.3) is 5.56 Å². The van der Waals surface area contributed by atoms with E-state index in [0.29, 0.717) is 30.6 Å². The van der Waals surface area contributed by atoms with Crippen LogP contribution in [0.15, 0.2) is 23.0 Å². The third-order valence-corrected chi connectivity index (χ3v) is 7.86. The minimum atomic E-state index is -0.0732. The Morgan fingerprint density at radius 3 is 2.72 bits per heavy atom. The summed E-state index contributed by atoms with van der Waals surface area (Å²) in [6, 6.07) is 6.17. The van der Waals surface area contributed by atoms with Crippen LogP contribution in [-0.4, -0.2) is 55.6 Å². The van der Waals surface area contributed by atoms with Crippen LogP contribution in [0.5, 0.6) is 11.5 Å². The lowest BCUT2D eigenvalue weighted by molar-refractivity contribution is 0.0734. The van der Waals surface area contributed by atoms with Crippen molar-refractivity contribution in [2.45, 2.75) is 89.6 Å². The van der Waals surface area contributed by atoms with Crippen molar-refractivity contribution in [1.82, 2.24) is 30.1 Å². The Hall–Kier alpha value is -2.98. The number of aromatic amines is 1. The first kappa shape index (κ1) is 23.4. The number of ether oxygens (including phenoxy) is 3. The van der Waals surface area contributed by atoms with Crippen LogP contribution in [0, 0.1) is 0 Å². The lowest BCUT2D eigenvalue weighted by atomic mass is 9.92. The molecule has 0 radical (unpaired) electrons. The topological polar surface area (TPSA) is 107 Å². The molecule has 0 unspecified atom stereocenters. The summed E-state index contributed by atoms with van der Waals surface area (Å²) in [6.07, 6.45) is 9.04. The molecule has 2 fully saturated rings. The van der Waals surface area contributed by atoms with Gasteiger partial charge in [-0.25, -0.2) is 4.68 Å². The van der Waals surface area contributed by atoms with Crippen molar-refractivity contribution >= 4 is 10.9 Å². The van der Waals surface area contributed by atoms with Crippen molar-refractivity contribution in [1.29, 1.82) is 0 Å². The Morgan fingerprint density at radius 1 is 1.11 bits per heavy atom. The lowest BCUT2D eigenvalue weighted by Crippen LogP contribution is -2.41. The Bertz CT molecular complexity index is 1260. The lowest BCUT2D eigenvalue weighted by Gasteiger charge is -2.39. The summed E-state index contributed by atoms with van der Waals surface area (Å²) >= 11 is 0. The zero-order valence-electron chi connectivity index (χ0n) is 20.8. The fourth-order valence-electron chi connectivity index (χ4n) is 5.99. The fourth-order valence-corrected chi connectivity index (χ4v) is 5.99. The van der Waals surface area contributed by atoms with Crippen molar-refractivity contribution in [3.05, 3.63) is 39.9 Å². The van der Waals surface area contributed by atoms with Crippen LogP contribution in [0.3, 0.4) is 0 Å². The van der Waals surface area contributed by atoms with Gasteiger partial charge in [0.1, 0.15) is 0 Å². The van der Waals surface area contributed by atoms with Gasteiger partial charge in [0.2, 0.25) is 6.79 Å². The van der Waals surface area contributed by atoms with Crippen LogP contribution in [0.1, 0.15) is 75.7 Å². The first-order valence-electron chi connectivity index (χ1n) is 13.3. The molecule has 10 heteroatoms. The molecule has 0 bridgehead atoms. The van der Waals surface area contributed by atoms with Crippen molar-refractivity contribution < 1.29 is 14.2 Å². The maximum absolute atomic E-state index is 13.2. The van der Waals surface area contributed by atoms with Crippen LogP contribution in [0.4, 0.5) is 0 Å². The van der Waals surface area contributed by atoms with Gasteiger partial charge in [-0.15, -0.1) is 5.10 Å². The molecule has 0 amide bonds. The second-order valence-electron chi connectivity index (χ2n) is 10.2. The van der Waals surface area contributed by atoms with Gasteiger partial charge in [-0.05, 0) is 54.7 Å². The highest BCUT2D eigenvalue weighted by Crippen LogP contribution is 2.36. The molecule has 2 aromatic heterocycles. The van der Waals surface area contributed by atoms with Gasteiger partial charge in [0.05, 0.1) is 24.2 Å². The standard InChI is InChI=1S/C26H34N6O4/c1-2-22(25-28-29-30-32(25)15-20-9-6-10-34-20)31(19-7-4-3-5-8-19)14-18-11-17-12-23-24(36-16-35-23)13-21(17)27-26(18)33/h11-13,19-20,22H,2-10,14-16H2,1H3,(H,27,33)/t20-,22+/m1/s1. The van der Waals surface area contributed by atoms with Gasteiger partial charge in [-0.1, -0.05) is 26.2 Å². The van der Waals surface area contributed by atoms with E-state index in [2.05, 4.69) is 32.3 Å². The van der Waals surface area contributed by atoms with Crippen LogP contribution < -0.4 is 15.0 Å². The smallest absolute Gasteiger partial charge is 0.252 e. The number of rotatable bonds is 8. The highest BCUT2D eigenvalue weighted by Gasteiger charge is 2.33. The first-order valence-corrected chi connectivity index (χ1v) is 13.3. The Morgan fingerprint density at radius 2 is 1.94 bits per heavy atom. The van der Waals surface area contributed by atoms with E-state index in [1.54, 1.807) is 0 Å². The fraction of sp³-hybridized carbons (Fsp3) is 0.615. The van der Waals surface area contributed by atoms with Crippen LogP contribution in [-0.2, 0) is 17.8 Å². The number of H-pyrrole nitrogens is 1. The van der Waals surface area contributed by atoms with E-state index in [-0.39, 0.29) is 24.5 Å². The van der Waals surface area contributed by atoms with E-state index in [1.807, 2.05) is 22.9 Å². The molecule has 3 aliphatic rings. The summed E-state index contributed by atoms with van der Waals surface area (Å²) < 4.78 is 18.8. The van der Waals surface area contributed by atoms with E-state index in [0.717, 1.165) is 61.0 Å². The van der Waals surface area contributed by atoms with Crippen molar-refractivity contribution in [2.75, 3.05) is 13.4 Å². The first-order chi connectivity index (χ1) is 17.7. The summed E-state index contributed by atoms with van der Waals surface area (Å²) in [4.78, 5) is 18.8. The number of nitrogens with zero attached hydrogens (tertiary/aromatic N) is 5. The Balaban J connectivity index is 1.34. The third kappa shape index (κ3) is 4.59. The second-order valence-corrected chi connectivity index (χ2v) is 10.2. The van der Waals surface area contributed by atoms with Gasteiger partial charge < -0.3 is 19.2 Å². The molecule has 1 saturated heterocycles. The molecule has 36 heavy (non-hydrogen) atoms. The van der Waals surface area contributed by atoms with E-state index in [9.17, 15) is 4.79 Å². The number of hydrogen-bond acceptors (Lipinski definition) is 8. The maximum atomic E-state index is 13.2. The van der Waals surface area contributed by atoms with Gasteiger partial charge in [-0.2, -0.15) is 0 Å². The summed E-state index contributed by atoms with van der Waals surface area (Å²) in [7, 11) is 0. The van der Waals surface area contributed by atoms with Crippen molar-refractivity contribution in [3.63, 3.8) is 0 Å². The molecule has 1 aromatic carbocycles. The number of aromatic nitrogens is 5. The largest absolute Gasteiger partial charge is 0.454 e. The van der Waals surface area contributed by atoms with Crippen LogP contribution in [0.2, 0.25) is 0 Å². The highest BCUT2D eigenvalue weighted by atomic mass is 16.7. The number of tetrazole rings is 1. The average molecular weight is 495 g/mol. The predicted octanol–water partition coefficient (Wildman–Crippen LogP) is 3.71. The summed E-state index contributed by atoms with van der Waals surface area (Å²) in [5, 5.41) is 13.8. The quantitative estimate of drug-likeness (QED) is 0.505. The minimum absolute atomic E-state index is 0.0105. The maximum Gasteiger partial charge on any atom is 0.252 e. The second kappa shape index (κ2) is 10.2. The Kier molecular flexibility index (Phi) is 6.62. The molecule has 1 aliphatic carbocycles. The number of fused-ring (bicyclic) bond motifs is 2. The molecule has 2 atom stereocenters. The molecule has 10 nitrogen and oxygen atoms in total. The molecule has 192 valence electrons. The molecule has 1 N–H and O–H groups in total. The van der Waals surface area contributed by atoms with Crippen LogP contribution >= 0.6 is 0 Å². The van der Waals surface area contributed by atoms with Gasteiger partial charge in [0, 0.05) is 36.2 Å². The Labute approximate surface area is 209 Å². The predicted molar refractivity (Wildman–Crippen MR) is 133 cm³/mol. The normalized spacial score (nSPS) is 21.0. The SMILES string of the molecule is CC[C@@H](c1nnnn1C[C@H]1CCCO1)N(Cc1cc2cc3c(cc2[nH]c1=O)OCO3)C1CCCCC1. The van der Waals surface area contributed by atoms with Gasteiger partial charge >= 0.3 is 0 Å². The molecule has 3 aromatic rings.